The molecule has 0 aliphatic carbocycles. The smallest absolute Gasteiger partial charge is 0.148 e. The summed E-state index contributed by atoms with van der Waals surface area (Å²) in [4.78, 5) is 10.9. The maximum atomic E-state index is 9.92. The van der Waals surface area contributed by atoms with E-state index in [2.05, 4.69) is 15.4 Å². The second-order valence-electron chi connectivity index (χ2n) is 5.85. The van der Waals surface area contributed by atoms with E-state index in [0.29, 0.717) is 12.4 Å². The number of rotatable bonds is 5. The maximum absolute atomic E-state index is 9.92. The Morgan fingerprint density at radius 1 is 1.37 bits per heavy atom. The minimum absolute atomic E-state index is 0.210. The van der Waals surface area contributed by atoms with Crippen LogP contribution in [-0.4, -0.2) is 34.3 Å². The Balaban J connectivity index is 3.21. The number of nitrogens with one attached hydrogen (secondary N) is 1. The Labute approximate surface area is 115 Å². The number of hydrogen-bond acceptors (Lipinski definition) is 6. The van der Waals surface area contributed by atoms with Gasteiger partial charge in [-0.15, -0.1) is 0 Å². The van der Waals surface area contributed by atoms with Gasteiger partial charge in [0.2, 0.25) is 0 Å². The molecule has 0 saturated heterocycles. The van der Waals surface area contributed by atoms with Crippen molar-refractivity contribution in [1.29, 1.82) is 0 Å². The van der Waals surface area contributed by atoms with Crippen LogP contribution in [0.3, 0.4) is 0 Å². The summed E-state index contributed by atoms with van der Waals surface area (Å²) < 4.78 is 0. The molecule has 4 N–H and O–H groups in total. The van der Waals surface area contributed by atoms with Gasteiger partial charge in [-0.25, -0.2) is 15.8 Å². The van der Waals surface area contributed by atoms with Crippen LogP contribution in [0.2, 0.25) is 0 Å². The van der Waals surface area contributed by atoms with Crippen molar-refractivity contribution < 1.29 is 5.11 Å². The third kappa shape index (κ3) is 4.04. The molecule has 1 heterocycles. The van der Waals surface area contributed by atoms with Gasteiger partial charge in [0.15, 0.2) is 0 Å². The topological polar surface area (TPSA) is 87.3 Å². The standard InChI is InChI=1S/C13H25N5O/c1-8(2)10-15-11(17-14)9(3)12(16-10)18(6)7-13(4,5)19/h8,19H,7,14H2,1-6H3,(H,15,16,17). The second-order valence-corrected chi connectivity index (χ2v) is 5.85. The van der Waals surface area contributed by atoms with Gasteiger partial charge in [-0.1, -0.05) is 13.8 Å². The molecule has 0 amide bonds. The van der Waals surface area contributed by atoms with E-state index in [1.807, 2.05) is 32.7 Å². The predicted octanol–water partition coefficient (Wildman–Crippen LogP) is 1.40. The fraction of sp³-hybridized carbons (Fsp3) is 0.692. The summed E-state index contributed by atoms with van der Waals surface area (Å²) >= 11 is 0. The lowest BCUT2D eigenvalue weighted by molar-refractivity contribution is 0.0884. The molecular weight excluding hydrogens is 242 g/mol. The molecule has 0 radical (unpaired) electrons. The van der Waals surface area contributed by atoms with E-state index in [4.69, 9.17) is 5.84 Å². The summed E-state index contributed by atoms with van der Waals surface area (Å²) in [5.41, 5.74) is 2.69. The number of hydrazine groups is 1. The molecule has 0 saturated carbocycles. The molecule has 6 heteroatoms. The fourth-order valence-electron chi connectivity index (χ4n) is 1.95. The summed E-state index contributed by atoms with van der Waals surface area (Å²) in [6.07, 6.45) is 0. The van der Waals surface area contributed by atoms with E-state index in [0.717, 1.165) is 17.2 Å². The molecule has 1 rings (SSSR count). The lowest BCUT2D eigenvalue weighted by Crippen LogP contribution is -2.37. The number of nitrogen functional groups attached to an aromatic ring is 1. The first-order chi connectivity index (χ1) is 8.65. The highest BCUT2D eigenvalue weighted by atomic mass is 16.3. The maximum Gasteiger partial charge on any atom is 0.148 e. The quantitative estimate of drug-likeness (QED) is 0.552. The van der Waals surface area contributed by atoms with E-state index >= 15 is 0 Å². The van der Waals surface area contributed by atoms with E-state index in [-0.39, 0.29) is 5.92 Å². The number of aromatic nitrogens is 2. The van der Waals surface area contributed by atoms with Crippen molar-refractivity contribution in [1.82, 2.24) is 9.97 Å². The van der Waals surface area contributed by atoms with Gasteiger partial charge in [-0.2, -0.15) is 0 Å². The van der Waals surface area contributed by atoms with Gasteiger partial charge in [0.05, 0.1) is 5.60 Å². The average Bonchev–Trinajstić information content (AvgIpc) is 2.26. The van der Waals surface area contributed by atoms with Gasteiger partial charge in [-0.3, -0.25) is 0 Å². The zero-order chi connectivity index (χ0) is 14.8. The average molecular weight is 267 g/mol. The Hall–Kier alpha value is -1.40. The molecule has 0 bridgehead atoms. The van der Waals surface area contributed by atoms with Crippen LogP contribution in [0.5, 0.6) is 0 Å². The van der Waals surface area contributed by atoms with Crippen LogP contribution in [0, 0.1) is 6.92 Å². The number of likely N-dealkylation sites (N-methyl/N-ethyl adjacent to an activating group) is 1. The number of nitrogens with two attached hydrogens (primary N) is 1. The van der Waals surface area contributed by atoms with Crippen molar-refractivity contribution in [2.75, 3.05) is 23.9 Å². The minimum Gasteiger partial charge on any atom is -0.389 e. The molecule has 0 aromatic carbocycles. The summed E-state index contributed by atoms with van der Waals surface area (Å²) in [6.45, 7) is 9.99. The van der Waals surface area contributed by atoms with Crippen molar-refractivity contribution in [2.45, 2.75) is 46.1 Å². The SMILES string of the molecule is Cc1c(NN)nc(C(C)C)nc1N(C)CC(C)(C)O. The molecular formula is C13H25N5O. The Bertz CT molecular complexity index is 439. The van der Waals surface area contributed by atoms with Crippen molar-refractivity contribution in [2.24, 2.45) is 5.84 Å². The zero-order valence-electron chi connectivity index (χ0n) is 12.7. The first-order valence-corrected chi connectivity index (χ1v) is 6.44. The van der Waals surface area contributed by atoms with Crippen LogP contribution in [0.25, 0.3) is 0 Å². The highest BCUT2D eigenvalue weighted by Crippen LogP contribution is 2.25. The van der Waals surface area contributed by atoms with Crippen LogP contribution in [0.4, 0.5) is 11.6 Å². The molecule has 0 unspecified atom stereocenters. The largest absolute Gasteiger partial charge is 0.389 e. The van der Waals surface area contributed by atoms with Crippen LogP contribution in [-0.2, 0) is 0 Å². The number of aliphatic hydroxyl groups is 1. The van der Waals surface area contributed by atoms with Crippen LogP contribution < -0.4 is 16.2 Å². The van der Waals surface area contributed by atoms with E-state index in [1.165, 1.54) is 0 Å². The molecule has 6 nitrogen and oxygen atoms in total. The molecule has 0 aliphatic heterocycles. The molecule has 0 fully saturated rings. The van der Waals surface area contributed by atoms with E-state index in [1.54, 1.807) is 13.8 Å². The second kappa shape index (κ2) is 5.71. The normalized spacial score (nSPS) is 11.8. The molecule has 0 spiro atoms. The van der Waals surface area contributed by atoms with Crippen molar-refractivity contribution in [3.05, 3.63) is 11.4 Å². The fourth-order valence-corrected chi connectivity index (χ4v) is 1.95. The van der Waals surface area contributed by atoms with E-state index < -0.39 is 5.60 Å². The lowest BCUT2D eigenvalue weighted by atomic mass is 10.1. The van der Waals surface area contributed by atoms with Gasteiger partial charge in [0.1, 0.15) is 17.5 Å². The number of hydrogen-bond donors (Lipinski definition) is 3. The molecule has 108 valence electrons. The summed E-state index contributed by atoms with van der Waals surface area (Å²) in [5, 5.41) is 9.92. The van der Waals surface area contributed by atoms with Gasteiger partial charge >= 0.3 is 0 Å². The summed E-state index contributed by atoms with van der Waals surface area (Å²) in [5.74, 6) is 7.86. The first kappa shape index (κ1) is 15.7. The van der Waals surface area contributed by atoms with Crippen molar-refractivity contribution in [3.8, 4) is 0 Å². The summed E-state index contributed by atoms with van der Waals surface area (Å²) in [6, 6.07) is 0. The first-order valence-electron chi connectivity index (χ1n) is 6.44. The van der Waals surface area contributed by atoms with Gasteiger partial charge in [0, 0.05) is 25.1 Å². The van der Waals surface area contributed by atoms with Crippen LogP contribution in [0.1, 0.15) is 45.0 Å². The Morgan fingerprint density at radius 3 is 2.37 bits per heavy atom. The monoisotopic (exact) mass is 267 g/mol. The molecule has 1 aromatic heterocycles. The zero-order valence-corrected chi connectivity index (χ0v) is 12.7. The Morgan fingerprint density at radius 2 is 1.95 bits per heavy atom. The van der Waals surface area contributed by atoms with Crippen LogP contribution in [0.15, 0.2) is 0 Å². The molecule has 1 aromatic rings. The van der Waals surface area contributed by atoms with E-state index in [9.17, 15) is 5.11 Å². The van der Waals surface area contributed by atoms with Gasteiger partial charge < -0.3 is 15.4 Å². The van der Waals surface area contributed by atoms with Gasteiger partial charge in [-0.05, 0) is 20.8 Å². The Kier molecular flexibility index (Phi) is 4.70. The predicted molar refractivity (Wildman–Crippen MR) is 78.2 cm³/mol. The third-order valence-electron chi connectivity index (χ3n) is 2.78. The number of anilines is 2. The molecule has 0 aliphatic rings. The lowest BCUT2D eigenvalue weighted by Gasteiger charge is -2.28. The number of nitrogens with zero attached hydrogens (tertiary/aromatic N) is 3. The highest BCUT2D eigenvalue weighted by molar-refractivity contribution is 5.58. The highest BCUT2D eigenvalue weighted by Gasteiger charge is 2.20. The van der Waals surface area contributed by atoms with Crippen molar-refractivity contribution in [3.63, 3.8) is 0 Å². The summed E-state index contributed by atoms with van der Waals surface area (Å²) in [7, 11) is 1.90. The van der Waals surface area contributed by atoms with Gasteiger partial charge in [0.25, 0.3) is 0 Å². The molecule has 0 atom stereocenters. The van der Waals surface area contributed by atoms with Crippen molar-refractivity contribution >= 4 is 11.6 Å². The minimum atomic E-state index is -0.791. The third-order valence-corrected chi connectivity index (χ3v) is 2.78. The van der Waals surface area contributed by atoms with Crippen LogP contribution >= 0.6 is 0 Å². The molecule has 19 heavy (non-hydrogen) atoms.